The van der Waals surface area contributed by atoms with Crippen molar-refractivity contribution in [1.29, 1.82) is 0 Å². The van der Waals surface area contributed by atoms with Gasteiger partial charge < -0.3 is 19.8 Å². The van der Waals surface area contributed by atoms with Crippen LogP contribution in [0.1, 0.15) is 11.4 Å². The Bertz CT molecular complexity index is 1200. The van der Waals surface area contributed by atoms with Gasteiger partial charge in [-0.25, -0.2) is 9.97 Å². The van der Waals surface area contributed by atoms with Crippen LogP contribution in [0, 0.1) is 0 Å². The van der Waals surface area contributed by atoms with Crippen LogP contribution in [0.15, 0.2) is 42.6 Å². The van der Waals surface area contributed by atoms with Crippen LogP contribution >= 0.6 is 0 Å². The van der Waals surface area contributed by atoms with E-state index in [1.54, 1.807) is 6.07 Å². The van der Waals surface area contributed by atoms with Gasteiger partial charge in [-0.1, -0.05) is 18.2 Å². The number of H-pyrrole nitrogens is 1. The van der Waals surface area contributed by atoms with Crippen molar-refractivity contribution < 1.29 is 22.6 Å². The molecule has 2 N–H and O–H groups in total. The highest BCUT2D eigenvalue weighted by atomic mass is 19.4. The maximum atomic E-state index is 13.3. The summed E-state index contributed by atoms with van der Waals surface area (Å²) in [5, 5.41) is 4.52. The van der Waals surface area contributed by atoms with Crippen molar-refractivity contribution in [3.05, 3.63) is 54.0 Å². The summed E-state index contributed by atoms with van der Waals surface area (Å²) in [5.41, 5.74) is 2.19. The number of anilines is 1. The number of aromatic amines is 1. The molecule has 30 heavy (non-hydrogen) atoms. The molecule has 0 atom stereocenters. The molecule has 0 radical (unpaired) electrons. The van der Waals surface area contributed by atoms with Crippen LogP contribution in [0.4, 0.5) is 19.0 Å². The van der Waals surface area contributed by atoms with Crippen molar-refractivity contribution in [2.24, 2.45) is 0 Å². The Morgan fingerprint density at radius 2 is 1.73 bits per heavy atom. The number of rotatable bonds is 6. The van der Waals surface area contributed by atoms with E-state index in [1.807, 2.05) is 30.5 Å². The van der Waals surface area contributed by atoms with Crippen molar-refractivity contribution in [3.63, 3.8) is 0 Å². The molecule has 6 nitrogen and oxygen atoms in total. The fraction of sp³-hybridized carbons (Fsp3) is 0.238. The molecule has 0 aliphatic carbocycles. The second-order valence-corrected chi connectivity index (χ2v) is 6.65. The number of benzene rings is 2. The molecule has 0 fully saturated rings. The van der Waals surface area contributed by atoms with E-state index in [0.717, 1.165) is 16.5 Å². The number of hydrogen-bond donors (Lipinski definition) is 2. The average molecular weight is 416 g/mol. The standard InChI is InChI=1S/C21H19F3N4O2/c1-29-17-9-14-16(10-18(17)30-2)27-20(21(22,23)24)28-19(14)25-8-7-12-11-26-15-6-4-3-5-13(12)15/h3-6,9-11,26H,7-8H2,1-2H3,(H,25,27,28). The van der Waals surface area contributed by atoms with Gasteiger partial charge in [-0.3, -0.25) is 0 Å². The maximum Gasteiger partial charge on any atom is 0.451 e. The van der Waals surface area contributed by atoms with Gasteiger partial charge in [0.2, 0.25) is 5.82 Å². The van der Waals surface area contributed by atoms with Gasteiger partial charge in [-0.2, -0.15) is 13.2 Å². The van der Waals surface area contributed by atoms with Crippen LogP contribution < -0.4 is 14.8 Å². The SMILES string of the molecule is COc1cc2nc(C(F)(F)F)nc(NCCc3c[nH]c4ccccc34)c2cc1OC. The third-order valence-electron chi connectivity index (χ3n) is 4.82. The lowest BCUT2D eigenvalue weighted by Gasteiger charge is -2.14. The molecule has 0 unspecified atom stereocenters. The predicted octanol–water partition coefficient (Wildman–Crippen LogP) is 4.80. The van der Waals surface area contributed by atoms with E-state index in [1.165, 1.54) is 20.3 Å². The van der Waals surface area contributed by atoms with E-state index in [-0.39, 0.29) is 11.3 Å². The summed E-state index contributed by atoms with van der Waals surface area (Å²) in [6, 6.07) is 10.8. The lowest BCUT2D eigenvalue weighted by Crippen LogP contribution is -2.15. The third kappa shape index (κ3) is 3.70. The minimum absolute atomic E-state index is 0.0909. The highest BCUT2D eigenvalue weighted by Crippen LogP contribution is 2.36. The zero-order chi connectivity index (χ0) is 21.3. The summed E-state index contributed by atoms with van der Waals surface area (Å²) in [6.45, 7) is 0.388. The number of nitrogens with one attached hydrogen (secondary N) is 2. The first-order valence-electron chi connectivity index (χ1n) is 9.20. The second-order valence-electron chi connectivity index (χ2n) is 6.65. The topological polar surface area (TPSA) is 72.1 Å². The van der Waals surface area contributed by atoms with E-state index >= 15 is 0 Å². The summed E-state index contributed by atoms with van der Waals surface area (Å²) in [4.78, 5) is 10.6. The number of nitrogens with zero attached hydrogens (tertiary/aromatic N) is 2. The first kappa shape index (κ1) is 19.8. The Hall–Kier alpha value is -3.49. The normalized spacial score (nSPS) is 11.8. The number of hydrogen-bond acceptors (Lipinski definition) is 5. The molecule has 2 aromatic carbocycles. The number of ether oxygens (including phenoxy) is 2. The first-order valence-corrected chi connectivity index (χ1v) is 9.20. The predicted molar refractivity (Wildman–Crippen MR) is 108 cm³/mol. The van der Waals surface area contributed by atoms with Gasteiger partial charge in [-0.05, 0) is 24.1 Å². The minimum Gasteiger partial charge on any atom is -0.493 e. The molecule has 2 heterocycles. The molecule has 0 amide bonds. The Kier molecular flexibility index (Phi) is 5.11. The van der Waals surface area contributed by atoms with Gasteiger partial charge in [0.15, 0.2) is 11.5 Å². The van der Waals surface area contributed by atoms with Crippen LogP contribution in [0.2, 0.25) is 0 Å². The van der Waals surface area contributed by atoms with Crippen molar-refractivity contribution >= 4 is 27.6 Å². The number of para-hydroxylation sites is 1. The van der Waals surface area contributed by atoms with E-state index in [0.29, 0.717) is 29.9 Å². The molecule has 156 valence electrons. The Labute approximate surface area is 170 Å². The van der Waals surface area contributed by atoms with E-state index in [2.05, 4.69) is 20.3 Å². The molecule has 9 heteroatoms. The fourth-order valence-corrected chi connectivity index (χ4v) is 3.37. The van der Waals surface area contributed by atoms with Crippen molar-refractivity contribution in [1.82, 2.24) is 15.0 Å². The maximum absolute atomic E-state index is 13.3. The number of halogens is 3. The van der Waals surface area contributed by atoms with Gasteiger partial charge in [0.25, 0.3) is 0 Å². The summed E-state index contributed by atoms with van der Waals surface area (Å²) in [7, 11) is 2.87. The van der Waals surface area contributed by atoms with Gasteiger partial charge in [0.05, 0.1) is 19.7 Å². The van der Waals surface area contributed by atoms with Crippen LogP contribution in [0.25, 0.3) is 21.8 Å². The molecular formula is C21H19F3N4O2. The molecule has 0 aliphatic rings. The van der Waals surface area contributed by atoms with Crippen LogP contribution in [0.3, 0.4) is 0 Å². The molecule has 0 saturated heterocycles. The molecular weight excluding hydrogens is 397 g/mol. The van der Waals surface area contributed by atoms with Gasteiger partial charge in [0.1, 0.15) is 5.82 Å². The molecule has 0 spiro atoms. The number of alkyl halides is 3. The summed E-state index contributed by atoms with van der Waals surface area (Å²) in [5.74, 6) is -0.445. The van der Waals surface area contributed by atoms with E-state index < -0.39 is 12.0 Å². The highest BCUT2D eigenvalue weighted by molar-refractivity contribution is 5.92. The zero-order valence-electron chi connectivity index (χ0n) is 16.3. The number of methoxy groups -OCH3 is 2. The van der Waals surface area contributed by atoms with E-state index in [4.69, 9.17) is 9.47 Å². The van der Waals surface area contributed by atoms with E-state index in [9.17, 15) is 13.2 Å². The average Bonchev–Trinajstić information content (AvgIpc) is 3.15. The van der Waals surface area contributed by atoms with Crippen molar-refractivity contribution in [2.75, 3.05) is 26.1 Å². The second kappa shape index (κ2) is 7.74. The van der Waals surface area contributed by atoms with Crippen molar-refractivity contribution in [2.45, 2.75) is 12.6 Å². The first-order chi connectivity index (χ1) is 14.4. The fourth-order valence-electron chi connectivity index (χ4n) is 3.37. The quantitative estimate of drug-likeness (QED) is 0.472. The molecule has 0 saturated carbocycles. The summed E-state index contributed by atoms with van der Waals surface area (Å²) in [6.07, 6.45) is -2.17. The number of fused-ring (bicyclic) bond motifs is 2. The lowest BCUT2D eigenvalue weighted by atomic mass is 10.1. The molecule has 4 aromatic rings. The Morgan fingerprint density at radius 1 is 1.00 bits per heavy atom. The molecule has 0 bridgehead atoms. The van der Waals surface area contributed by atoms with Crippen molar-refractivity contribution in [3.8, 4) is 11.5 Å². The van der Waals surface area contributed by atoms with Gasteiger partial charge in [-0.15, -0.1) is 0 Å². The van der Waals surface area contributed by atoms with Crippen LogP contribution in [0.5, 0.6) is 11.5 Å². The monoisotopic (exact) mass is 416 g/mol. The summed E-state index contributed by atoms with van der Waals surface area (Å²) < 4.78 is 50.5. The smallest absolute Gasteiger partial charge is 0.451 e. The number of aromatic nitrogens is 3. The van der Waals surface area contributed by atoms with Gasteiger partial charge >= 0.3 is 6.18 Å². The molecule has 2 aromatic heterocycles. The Morgan fingerprint density at radius 3 is 2.47 bits per heavy atom. The highest BCUT2D eigenvalue weighted by Gasteiger charge is 2.35. The molecule has 0 aliphatic heterocycles. The van der Waals surface area contributed by atoms with Crippen LogP contribution in [-0.2, 0) is 12.6 Å². The largest absolute Gasteiger partial charge is 0.493 e. The minimum atomic E-state index is -4.67. The molecule has 4 rings (SSSR count). The zero-order valence-corrected chi connectivity index (χ0v) is 16.3. The van der Waals surface area contributed by atoms with Crippen LogP contribution in [-0.4, -0.2) is 35.7 Å². The van der Waals surface area contributed by atoms with Gasteiger partial charge in [0, 0.05) is 35.1 Å². The lowest BCUT2D eigenvalue weighted by molar-refractivity contribution is -0.144. The summed E-state index contributed by atoms with van der Waals surface area (Å²) >= 11 is 0. The Balaban J connectivity index is 1.68. The third-order valence-corrected chi connectivity index (χ3v) is 4.82.